The molecule has 1 aliphatic rings. The van der Waals surface area contributed by atoms with E-state index in [4.69, 9.17) is 5.11 Å². The number of halogens is 1. The lowest BCUT2D eigenvalue weighted by Gasteiger charge is -2.16. The summed E-state index contributed by atoms with van der Waals surface area (Å²) in [6.45, 7) is -0.549. The van der Waals surface area contributed by atoms with E-state index in [9.17, 15) is 9.18 Å². The molecule has 0 aliphatic heterocycles. The summed E-state index contributed by atoms with van der Waals surface area (Å²) in [5.74, 6) is -0.679. The topological polar surface area (TPSA) is 61.4 Å². The van der Waals surface area contributed by atoms with E-state index in [2.05, 4.69) is 10.6 Å². The Morgan fingerprint density at radius 3 is 2.86 bits per heavy atom. The zero-order valence-corrected chi connectivity index (χ0v) is 12.0. The highest BCUT2D eigenvalue weighted by Crippen LogP contribution is 2.34. The van der Waals surface area contributed by atoms with Crippen molar-refractivity contribution in [3.05, 3.63) is 59.4 Å². The number of aliphatic hydroxyl groups is 1. The molecule has 2 aromatic rings. The third-order valence-corrected chi connectivity index (χ3v) is 3.82. The van der Waals surface area contributed by atoms with Gasteiger partial charge in [0.2, 0.25) is 5.91 Å². The number of aryl methyl sites for hydroxylation is 1. The van der Waals surface area contributed by atoms with Crippen molar-refractivity contribution in [2.75, 3.05) is 17.2 Å². The normalized spacial score (nSPS) is 16.2. The fourth-order valence-electron chi connectivity index (χ4n) is 2.81. The lowest BCUT2D eigenvalue weighted by molar-refractivity contribution is -0.118. The number of amides is 1. The molecule has 0 saturated heterocycles. The Labute approximate surface area is 128 Å². The molecule has 0 radical (unpaired) electrons. The van der Waals surface area contributed by atoms with Crippen LogP contribution in [0.2, 0.25) is 0 Å². The molecule has 4 nitrogen and oxygen atoms in total. The van der Waals surface area contributed by atoms with Crippen molar-refractivity contribution < 1.29 is 14.3 Å². The first-order chi connectivity index (χ1) is 10.7. The number of hydrogen-bond acceptors (Lipinski definition) is 3. The van der Waals surface area contributed by atoms with E-state index >= 15 is 0 Å². The van der Waals surface area contributed by atoms with Gasteiger partial charge in [-0.3, -0.25) is 4.79 Å². The number of carbonyl (C=O) groups excluding carboxylic acids is 1. The number of aliphatic hydroxyl groups excluding tert-OH is 1. The third kappa shape index (κ3) is 3.09. The Hall–Kier alpha value is -2.40. The van der Waals surface area contributed by atoms with Gasteiger partial charge in [-0.2, -0.15) is 0 Å². The summed E-state index contributed by atoms with van der Waals surface area (Å²) in [7, 11) is 0. The predicted molar refractivity (Wildman–Crippen MR) is 83.2 cm³/mol. The second kappa shape index (κ2) is 6.15. The van der Waals surface area contributed by atoms with Gasteiger partial charge in [0.1, 0.15) is 12.4 Å². The van der Waals surface area contributed by atoms with Crippen LogP contribution >= 0.6 is 0 Å². The van der Waals surface area contributed by atoms with Crippen LogP contribution in [0.15, 0.2) is 42.5 Å². The van der Waals surface area contributed by atoms with Crippen LogP contribution in [0.5, 0.6) is 0 Å². The van der Waals surface area contributed by atoms with E-state index < -0.39 is 12.5 Å². The van der Waals surface area contributed by atoms with Gasteiger partial charge in [0.25, 0.3) is 0 Å². The van der Waals surface area contributed by atoms with Crippen LogP contribution < -0.4 is 10.6 Å². The first-order valence-electron chi connectivity index (χ1n) is 7.21. The van der Waals surface area contributed by atoms with Crippen molar-refractivity contribution in [1.29, 1.82) is 0 Å². The van der Waals surface area contributed by atoms with Gasteiger partial charge in [-0.05, 0) is 54.3 Å². The molecule has 0 bridgehead atoms. The molecule has 1 amide bonds. The number of nitrogens with one attached hydrogen (secondary N) is 2. The number of anilines is 2. The fourth-order valence-corrected chi connectivity index (χ4v) is 2.81. The average molecular weight is 300 g/mol. The zero-order chi connectivity index (χ0) is 15.5. The Bertz CT molecular complexity index is 703. The lowest BCUT2D eigenvalue weighted by Crippen LogP contribution is -2.15. The van der Waals surface area contributed by atoms with Gasteiger partial charge in [0, 0.05) is 11.4 Å². The van der Waals surface area contributed by atoms with Gasteiger partial charge in [0.15, 0.2) is 0 Å². The molecule has 0 unspecified atom stereocenters. The molecular formula is C17H17FN2O2. The van der Waals surface area contributed by atoms with Gasteiger partial charge in [-0.1, -0.05) is 12.1 Å². The van der Waals surface area contributed by atoms with E-state index in [1.54, 1.807) is 18.2 Å². The van der Waals surface area contributed by atoms with E-state index in [0.717, 1.165) is 24.1 Å². The molecular weight excluding hydrogens is 283 g/mol. The smallest absolute Gasteiger partial charge is 0.250 e. The highest BCUT2D eigenvalue weighted by atomic mass is 19.1. The van der Waals surface area contributed by atoms with Crippen LogP contribution in [0.1, 0.15) is 23.6 Å². The third-order valence-electron chi connectivity index (χ3n) is 3.82. The second-order valence-electron chi connectivity index (χ2n) is 5.37. The maximum atomic E-state index is 13.4. The number of carbonyl (C=O) groups is 1. The molecule has 5 heteroatoms. The molecule has 0 spiro atoms. The molecule has 3 rings (SSSR count). The molecule has 0 saturated carbocycles. The second-order valence-corrected chi connectivity index (χ2v) is 5.37. The van der Waals surface area contributed by atoms with Gasteiger partial charge in [-0.25, -0.2) is 4.39 Å². The van der Waals surface area contributed by atoms with E-state index in [1.807, 2.05) is 18.2 Å². The van der Waals surface area contributed by atoms with Crippen molar-refractivity contribution in [2.45, 2.75) is 18.9 Å². The maximum absolute atomic E-state index is 13.4. The van der Waals surface area contributed by atoms with Crippen molar-refractivity contribution in [2.24, 2.45) is 0 Å². The van der Waals surface area contributed by atoms with Gasteiger partial charge in [-0.15, -0.1) is 0 Å². The Morgan fingerprint density at radius 2 is 2.05 bits per heavy atom. The molecule has 0 aromatic heterocycles. The number of benzene rings is 2. The number of rotatable bonds is 4. The molecule has 1 atom stereocenters. The van der Waals surface area contributed by atoms with Crippen LogP contribution in [-0.4, -0.2) is 17.6 Å². The van der Waals surface area contributed by atoms with E-state index in [0.29, 0.717) is 5.69 Å². The van der Waals surface area contributed by atoms with Crippen LogP contribution in [-0.2, 0) is 11.2 Å². The largest absolute Gasteiger partial charge is 0.387 e. The predicted octanol–water partition coefficient (Wildman–Crippen LogP) is 2.86. The summed E-state index contributed by atoms with van der Waals surface area (Å²) in [6.07, 6.45) is 1.83. The lowest BCUT2D eigenvalue weighted by atomic mass is 10.1. The van der Waals surface area contributed by atoms with Gasteiger partial charge >= 0.3 is 0 Å². The molecule has 1 aliphatic carbocycles. The Kier molecular flexibility index (Phi) is 4.06. The van der Waals surface area contributed by atoms with Crippen LogP contribution in [0.25, 0.3) is 0 Å². The molecule has 0 fully saturated rings. The summed E-state index contributed by atoms with van der Waals surface area (Å²) >= 11 is 0. The maximum Gasteiger partial charge on any atom is 0.250 e. The van der Waals surface area contributed by atoms with E-state index in [1.165, 1.54) is 11.6 Å². The minimum atomic E-state index is -0.549. The van der Waals surface area contributed by atoms with Crippen LogP contribution in [0.4, 0.5) is 15.8 Å². The summed E-state index contributed by atoms with van der Waals surface area (Å²) in [5.41, 5.74) is 3.62. The van der Waals surface area contributed by atoms with Gasteiger partial charge in [0.05, 0.1) is 6.04 Å². The highest BCUT2D eigenvalue weighted by Gasteiger charge is 2.22. The quantitative estimate of drug-likeness (QED) is 0.813. The average Bonchev–Trinajstić information content (AvgIpc) is 2.90. The first-order valence-corrected chi connectivity index (χ1v) is 7.21. The van der Waals surface area contributed by atoms with Crippen LogP contribution in [0, 0.1) is 5.82 Å². The minimum Gasteiger partial charge on any atom is -0.387 e. The number of hydrogen-bond donors (Lipinski definition) is 3. The highest BCUT2D eigenvalue weighted by molar-refractivity contribution is 5.91. The van der Waals surface area contributed by atoms with Crippen molar-refractivity contribution in [1.82, 2.24) is 0 Å². The van der Waals surface area contributed by atoms with E-state index in [-0.39, 0.29) is 11.9 Å². The van der Waals surface area contributed by atoms with Crippen LogP contribution in [0.3, 0.4) is 0 Å². The summed E-state index contributed by atoms with van der Waals surface area (Å²) < 4.78 is 13.4. The minimum absolute atomic E-state index is 0.0643. The SMILES string of the molecule is O=C(CO)Nc1cccc(N[C@H]2CCc3ccc(F)cc32)c1. The summed E-state index contributed by atoms with van der Waals surface area (Å²) in [4.78, 5) is 11.2. The summed E-state index contributed by atoms with van der Waals surface area (Å²) in [5, 5.41) is 14.7. The summed E-state index contributed by atoms with van der Waals surface area (Å²) in [6, 6.07) is 12.2. The molecule has 3 N–H and O–H groups in total. The van der Waals surface area contributed by atoms with Crippen molar-refractivity contribution in [3.8, 4) is 0 Å². The standard InChI is InChI=1S/C17H17FN2O2/c18-12-6-4-11-5-7-16(15(11)8-12)19-13-2-1-3-14(9-13)20-17(22)10-21/h1-4,6,8-9,16,19,21H,5,7,10H2,(H,20,22)/t16-/m0/s1. The van der Waals surface area contributed by atoms with Crippen molar-refractivity contribution in [3.63, 3.8) is 0 Å². The fraction of sp³-hybridized carbons (Fsp3) is 0.235. The molecule has 0 heterocycles. The number of fused-ring (bicyclic) bond motifs is 1. The monoisotopic (exact) mass is 300 g/mol. The first kappa shape index (κ1) is 14.5. The molecule has 114 valence electrons. The molecule has 2 aromatic carbocycles. The van der Waals surface area contributed by atoms with Crippen molar-refractivity contribution >= 4 is 17.3 Å². The molecule has 22 heavy (non-hydrogen) atoms. The Balaban J connectivity index is 1.76. The Morgan fingerprint density at radius 1 is 1.23 bits per heavy atom. The zero-order valence-electron chi connectivity index (χ0n) is 12.0. The van der Waals surface area contributed by atoms with Gasteiger partial charge < -0.3 is 15.7 Å².